The second-order valence-corrected chi connectivity index (χ2v) is 7.03. The summed E-state index contributed by atoms with van der Waals surface area (Å²) in [5.41, 5.74) is 3.99. The van der Waals surface area contributed by atoms with Gasteiger partial charge in [-0.3, -0.25) is 4.90 Å². The largest absolute Gasteiger partial charge is 0.323 e. The van der Waals surface area contributed by atoms with Crippen molar-refractivity contribution in [2.75, 3.05) is 4.90 Å². The van der Waals surface area contributed by atoms with Gasteiger partial charge in [0.25, 0.3) is 0 Å². The molecule has 0 aliphatic carbocycles. The molecule has 3 aromatic carbocycles. The lowest BCUT2D eigenvalue weighted by Gasteiger charge is -2.24. The van der Waals surface area contributed by atoms with Gasteiger partial charge in [0.1, 0.15) is 0 Å². The van der Waals surface area contributed by atoms with Crippen molar-refractivity contribution in [1.29, 1.82) is 0 Å². The number of para-hydroxylation sites is 4. The fraction of sp³-hybridized carbons (Fsp3) is 0. The number of imidazole rings is 1. The lowest BCUT2D eigenvalue weighted by molar-refractivity contribution is 1.15. The summed E-state index contributed by atoms with van der Waals surface area (Å²) >= 11 is 7.35. The van der Waals surface area contributed by atoms with Crippen LogP contribution in [0.4, 0.5) is 17.3 Å². The summed E-state index contributed by atoms with van der Waals surface area (Å²) in [4.78, 5) is 10.3. The molecule has 0 spiro atoms. The molecule has 0 aliphatic heterocycles. The number of hydrogen-bond acceptors (Lipinski definition) is 2. The van der Waals surface area contributed by atoms with E-state index in [1.807, 2.05) is 60.7 Å². The predicted octanol–water partition coefficient (Wildman–Crippen LogP) is 6.56. The smallest absolute Gasteiger partial charge is 0.213 e. The van der Waals surface area contributed by atoms with Gasteiger partial charge in [-0.05, 0) is 68.3 Å². The van der Waals surface area contributed by atoms with Gasteiger partial charge in [-0.1, -0.05) is 36.4 Å². The highest BCUT2D eigenvalue weighted by atomic mass is 79.9. The highest BCUT2D eigenvalue weighted by molar-refractivity contribution is 9.11. The topological polar surface area (TPSA) is 31.9 Å². The highest BCUT2D eigenvalue weighted by Gasteiger charge is 2.20. The van der Waals surface area contributed by atoms with Crippen LogP contribution in [0.5, 0.6) is 0 Å². The molecule has 4 rings (SSSR count). The molecular weight excluding hydrogens is 430 g/mol. The molecule has 1 N–H and O–H groups in total. The van der Waals surface area contributed by atoms with E-state index >= 15 is 0 Å². The van der Waals surface area contributed by atoms with Crippen LogP contribution in [-0.4, -0.2) is 9.97 Å². The van der Waals surface area contributed by atoms with Gasteiger partial charge in [0.15, 0.2) is 0 Å². The number of halogens is 2. The van der Waals surface area contributed by atoms with Gasteiger partial charge in [-0.15, -0.1) is 0 Å². The number of nitrogens with zero attached hydrogens (tertiary/aromatic N) is 2. The second kappa shape index (κ2) is 6.42. The van der Waals surface area contributed by atoms with Crippen molar-refractivity contribution in [3.05, 3.63) is 81.7 Å². The maximum atomic E-state index is 4.78. The average Bonchev–Trinajstić information content (AvgIpc) is 3.02. The number of benzene rings is 3. The fourth-order valence-electron chi connectivity index (χ4n) is 2.68. The Morgan fingerprint density at radius 1 is 0.750 bits per heavy atom. The van der Waals surface area contributed by atoms with Crippen LogP contribution >= 0.6 is 31.9 Å². The monoisotopic (exact) mass is 441 g/mol. The molecule has 0 saturated carbocycles. The normalized spacial score (nSPS) is 10.9. The molecule has 118 valence electrons. The van der Waals surface area contributed by atoms with E-state index in [4.69, 9.17) is 4.98 Å². The van der Waals surface area contributed by atoms with Crippen LogP contribution in [0.15, 0.2) is 81.7 Å². The van der Waals surface area contributed by atoms with Gasteiger partial charge in [-0.2, -0.15) is 0 Å². The number of anilines is 3. The van der Waals surface area contributed by atoms with Crippen LogP contribution < -0.4 is 4.90 Å². The molecule has 0 radical (unpaired) electrons. The molecule has 3 nitrogen and oxygen atoms in total. The number of H-pyrrole nitrogens is 1. The second-order valence-electron chi connectivity index (χ2n) is 5.32. The number of aromatic nitrogens is 2. The van der Waals surface area contributed by atoms with Gasteiger partial charge >= 0.3 is 0 Å². The first kappa shape index (κ1) is 15.4. The molecule has 0 amide bonds. The van der Waals surface area contributed by atoms with Gasteiger partial charge in [-0.25, -0.2) is 4.98 Å². The van der Waals surface area contributed by atoms with Gasteiger partial charge in [0, 0.05) is 14.6 Å². The molecule has 24 heavy (non-hydrogen) atoms. The lowest BCUT2D eigenvalue weighted by Crippen LogP contribution is -2.12. The number of nitrogens with one attached hydrogen (secondary N) is 1. The first-order chi connectivity index (χ1) is 11.7. The minimum atomic E-state index is 0.773. The first-order valence-corrected chi connectivity index (χ1v) is 9.06. The summed E-state index contributed by atoms with van der Waals surface area (Å²) < 4.78 is 1.97. The molecule has 1 heterocycles. The quantitative estimate of drug-likeness (QED) is 0.389. The van der Waals surface area contributed by atoms with Crippen LogP contribution in [0.1, 0.15) is 0 Å². The van der Waals surface area contributed by atoms with Crippen molar-refractivity contribution in [3.63, 3.8) is 0 Å². The molecule has 0 unspecified atom stereocenters. The predicted molar refractivity (Wildman–Crippen MR) is 106 cm³/mol. The molecule has 0 fully saturated rings. The van der Waals surface area contributed by atoms with E-state index in [2.05, 4.69) is 53.9 Å². The Bertz CT molecular complexity index is 943. The fourth-order valence-corrected chi connectivity index (χ4v) is 4.04. The zero-order valence-electron chi connectivity index (χ0n) is 12.6. The van der Waals surface area contributed by atoms with E-state index in [-0.39, 0.29) is 0 Å². The van der Waals surface area contributed by atoms with Crippen LogP contribution in [0, 0.1) is 0 Å². The van der Waals surface area contributed by atoms with Crippen molar-refractivity contribution in [3.8, 4) is 0 Å². The summed E-state index contributed by atoms with van der Waals surface area (Å²) in [6, 6.07) is 24.3. The van der Waals surface area contributed by atoms with Gasteiger partial charge in [0.2, 0.25) is 5.95 Å². The van der Waals surface area contributed by atoms with Gasteiger partial charge in [0.05, 0.1) is 16.7 Å². The standard InChI is InChI=1S/C19H13Br2N3/c20-14-9-6-10-15(21)18(14)24(13-7-2-1-3-8-13)19-22-16-11-4-5-12-17(16)23-19/h1-12H,(H,22,23). The minimum absolute atomic E-state index is 0.773. The van der Waals surface area contributed by atoms with E-state index in [0.29, 0.717) is 0 Å². The maximum Gasteiger partial charge on any atom is 0.213 e. The summed E-state index contributed by atoms with van der Waals surface area (Å²) in [5.74, 6) is 0.773. The number of fused-ring (bicyclic) bond motifs is 1. The Morgan fingerprint density at radius 2 is 1.42 bits per heavy atom. The Kier molecular flexibility index (Phi) is 4.12. The summed E-state index contributed by atoms with van der Waals surface area (Å²) in [6.07, 6.45) is 0. The SMILES string of the molecule is Brc1cccc(Br)c1N(c1ccccc1)c1nc2ccccc2[nH]1. The Hall–Kier alpha value is -2.11. The molecular formula is C19H13Br2N3. The van der Waals surface area contributed by atoms with E-state index in [1.54, 1.807) is 0 Å². The summed E-state index contributed by atoms with van der Waals surface area (Å²) in [7, 11) is 0. The first-order valence-electron chi connectivity index (χ1n) is 7.48. The third-order valence-electron chi connectivity index (χ3n) is 3.76. The van der Waals surface area contributed by atoms with Crippen LogP contribution in [-0.2, 0) is 0 Å². The van der Waals surface area contributed by atoms with Gasteiger partial charge < -0.3 is 4.98 Å². The number of rotatable bonds is 3. The number of hydrogen-bond donors (Lipinski definition) is 1. The number of aromatic amines is 1. The summed E-state index contributed by atoms with van der Waals surface area (Å²) in [5, 5.41) is 0. The Balaban J connectivity index is 1.97. The van der Waals surface area contributed by atoms with E-state index in [1.165, 1.54) is 0 Å². The zero-order valence-corrected chi connectivity index (χ0v) is 15.8. The Labute approximate surface area is 156 Å². The van der Waals surface area contributed by atoms with E-state index in [9.17, 15) is 0 Å². The third-order valence-corrected chi connectivity index (χ3v) is 5.04. The van der Waals surface area contributed by atoms with Crippen molar-refractivity contribution in [2.24, 2.45) is 0 Å². The molecule has 4 aromatic rings. The summed E-state index contributed by atoms with van der Waals surface area (Å²) in [6.45, 7) is 0. The molecule has 5 heteroatoms. The molecule has 0 atom stereocenters. The van der Waals surface area contributed by atoms with Crippen molar-refractivity contribution < 1.29 is 0 Å². The van der Waals surface area contributed by atoms with Crippen molar-refractivity contribution >= 4 is 60.2 Å². The third kappa shape index (κ3) is 2.74. The van der Waals surface area contributed by atoms with Crippen LogP contribution in [0.3, 0.4) is 0 Å². The van der Waals surface area contributed by atoms with E-state index < -0.39 is 0 Å². The lowest BCUT2D eigenvalue weighted by atomic mass is 10.2. The van der Waals surface area contributed by atoms with Crippen molar-refractivity contribution in [2.45, 2.75) is 0 Å². The minimum Gasteiger partial charge on any atom is -0.323 e. The Morgan fingerprint density at radius 3 is 2.12 bits per heavy atom. The molecule has 0 bridgehead atoms. The van der Waals surface area contributed by atoms with Crippen LogP contribution in [0.2, 0.25) is 0 Å². The maximum absolute atomic E-state index is 4.78. The zero-order chi connectivity index (χ0) is 16.5. The highest BCUT2D eigenvalue weighted by Crippen LogP contribution is 2.42. The molecule has 0 aliphatic rings. The molecule has 0 saturated heterocycles. The average molecular weight is 443 g/mol. The van der Waals surface area contributed by atoms with Crippen molar-refractivity contribution in [1.82, 2.24) is 9.97 Å². The van der Waals surface area contributed by atoms with E-state index in [0.717, 1.165) is 37.3 Å². The molecule has 1 aromatic heterocycles. The van der Waals surface area contributed by atoms with Crippen LogP contribution in [0.25, 0.3) is 11.0 Å².